The van der Waals surface area contributed by atoms with Crippen LogP contribution in [0.3, 0.4) is 0 Å². The summed E-state index contributed by atoms with van der Waals surface area (Å²) in [5, 5.41) is 9.08. The number of benzene rings is 1. The highest BCUT2D eigenvalue weighted by atomic mass is 79.9. The molecule has 1 N–H and O–H groups in total. The van der Waals surface area contributed by atoms with Crippen LogP contribution in [0.5, 0.6) is 0 Å². The van der Waals surface area contributed by atoms with Gasteiger partial charge in [0.1, 0.15) is 5.82 Å². The van der Waals surface area contributed by atoms with Crippen molar-refractivity contribution in [3.63, 3.8) is 0 Å². The predicted octanol–water partition coefficient (Wildman–Crippen LogP) is 4.44. The van der Waals surface area contributed by atoms with E-state index >= 15 is 0 Å². The van der Waals surface area contributed by atoms with Gasteiger partial charge in [-0.05, 0) is 37.1 Å². The third-order valence-electron chi connectivity index (χ3n) is 3.97. The first-order valence-corrected chi connectivity index (χ1v) is 8.90. The van der Waals surface area contributed by atoms with E-state index in [0.29, 0.717) is 10.5 Å². The van der Waals surface area contributed by atoms with Crippen LogP contribution in [-0.4, -0.2) is 21.6 Å². The van der Waals surface area contributed by atoms with Crippen molar-refractivity contribution in [2.75, 3.05) is 11.9 Å². The van der Waals surface area contributed by atoms with Crippen molar-refractivity contribution in [1.82, 2.24) is 9.78 Å². The van der Waals surface area contributed by atoms with E-state index in [-0.39, 0.29) is 0 Å². The van der Waals surface area contributed by atoms with Crippen molar-refractivity contribution in [3.8, 4) is 0 Å². The highest BCUT2D eigenvalue weighted by Gasteiger charge is 2.30. The summed E-state index contributed by atoms with van der Waals surface area (Å²) < 4.78 is 3.11. The van der Waals surface area contributed by atoms with Gasteiger partial charge in [-0.25, -0.2) is 0 Å². The zero-order valence-electron chi connectivity index (χ0n) is 12.8. The average molecular weight is 366 g/mol. The summed E-state index contributed by atoms with van der Waals surface area (Å²) in [5.74, 6) is 1.16. The van der Waals surface area contributed by atoms with Crippen LogP contribution in [0.2, 0.25) is 0 Å². The van der Waals surface area contributed by atoms with Gasteiger partial charge in [0.15, 0.2) is 0 Å². The van der Waals surface area contributed by atoms with Gasteiger partial charge >= 0.3 is 0 Å². The lowest BCUT2D eigenvalue weighted by molar-refractivity contribution is 0.757. The van der Waals surface area contributed by atoms with Crippen LogP contribution in [0.1, 0.15) is 34.6 Å². The number of nitrogens with one attached hydrogen (secondary N) is 1. The first kappa shape index (κ1) is 15.0. The number of halogens is 1. The molecule has 2 atom stereocenters. The van der Waals surface area contributed by atoms with Crippen LogP contribution < -0.4 is 5.32 Å². The SMILES string of the molecule is Cc1cc(Br)ccc1C1SC(C)CNc2c1c(C)nn2C. The van der Waals surface area contributed by atoms with E-state index in [1.54, 1.807) is 0 Å². The number of aryl methyl sites for hydroxylation is 3. The topological polar surface area (TPSA) is 29.9 Å². The Bertz CT molecular complexity index is 680. The quantitative estimate of drug-likeness (QED) is 0.810. The summed E-state index contributed by atoms with van der Waals surface area (Å²) in [5.41, 5.74) is 5.16. The van der Waals surface area contributed by atoms with Crippen molar-refractivity contribution < 1.29 is 0 Å². The Hall–Kier alpha value is -0.940. The molecule has 112 valence electrons. The second-order valence-electron chi connectivity index (χ2n) is 5.68. The number of anilines is 1. The number of rotatable bonds is 1. The van der Waals surface area contributed by atoms with Gasteiger partial charge in [-0.1, -0.05) is 28.9 Å². The summed E-state index contributed by atoms with van der Waals surface area (Å²) in [4.78, 5) is 0. The first-order chi connectivity index (χ1) is 9.97. The van der Waals surface area contributed by atoms with Gasteiger partial charge in [0.05, 0.1) is 10.9 Å². The zero-order valence-corrected chi connectivity index (χ0v) is 15.2. The standard InChI is InChI=1S/C16H20BrN3S/c1-9-7-12(17)5-6-13(9)15-14-11(3)19-20(4)16(14)18-8-10(2)21-15/h5-7,10,15,18H,8H2,1-4H3. The normalized spacial score (nSPS) is 21.6. The molecular weight excluding hydrogens is 346 g/mol. The maximum Gasteiger partial charge on any atom is 0.128 e. The molecule has 1 aliphatic rings. The first-order valence-electron chi connectivity index (χ1n) is 7.16. The van der Waals surface area contributed by atoms with Gasteiger partial charge in [0, 0.05) is 28.9 Å². The van der Waals surface area contributed by atoms with Gasteiger partial charge < -0.3 is 5.32 Å². The second-order valence-corrected chi connectivity index (χ2v) is 8.14. The molecule has 0 saturated heterocycles. The zero-order chi connectivity index (χ0) is 15.1. The fourth-order valence-electron chi connectivity index (χ4n) is 2.95. The Kier molecular flexibility index (Phi) is 4.06. The molecule has 0 spiro atoms. The summed E-state index contributed by atoms with van der Waals surface area (Å²) in [7, 11) is 2.02. The maximum absolute atomic E-state index is 4.61. The molecule has 1 aromatic carbocycles. The fraction of sp³-hybridized carbons (Fsp3) is 0.438. The number of thioether (sulfide) groups is 1. The van der Waals surface area contributed by atoms with Crippen LogP contribution in [0, 0.1) is 13.8 Å². The minimum absolute atomic E-state index is 0.340. The third kappa shape index (κ3) is 2.73. The van der Waals surface area contributed by atoms with Crippen molar-refractivity contribution in [2.45, 2.75) is 31.3 Å². The van der Waals surface area contributed by atoms with Crippen LogP contribution >= 0.6 is 27.7 Å². The minimum atomic E-state index is 0.340. The highest BCUT2D eigenvalue weighted by Crippen LogP contribution is 2.46. The van der Waals surface area contributed by atoms with Crippen molar-refractivity contribution >= 4 is 33.5 Å². The Morgan fingerprint density at radius 3 is 2.86 bits per heavy atom. The summed E-state index contributed by atoms with van der Waals surface area (Å²) in [6, 6.07) is 6.58. The molecule has 0 fully saturated rings. The molecule has 3 nitrogen and oxygen atoms in total. The van der Waals surface area contributed by atoms with Gasteiger partial charge in [-0.2, -0.15) is 5.10 Å². The van der Waals surface area contributed by atoms with Crippen LogP contribution in [0.4, 0.5) is 5.82 Å². The molecule has 0 amide bonds. The Balaban J connectivity index is 2.16. The lowest BCUT2D eigenvalue weighted by Crippen LogP contribution is -2.13. The molecule has 2 heterocycles. The summed E-state index contributed by atoms with van der Waals surface area (Å²) >= 11 is 5.58. The molecule has 0 bridgehead atoms. The second kappa shape index (κ2) is 5.69. The summed E-state index contributed by atoms with van der Waals surface area (Å²) in [6.07, 6.45) is 0. The van der Waals surface area contributed by atoms with Crippen LogP contribution in [0.15, 0.2) is 22.7 Å². The molecule has 0 radical (unpaired) electrons. The lowest BCUT2D eigenvalue weighted by atomic mass is 10.00. The fourth-order valence-corrected chi connectivity index (χ4v) is 4.90. The number of aromatic nitrogens is 2. The molecule has 21 heavy (non-hydrogen) atoms. The number of hydrogen-bond acceptors (Lipinski definition) is 3. The number of fused-ring (bicyclic) bond motifs is 1. The van der Waals surface area contributed by atoms with Crippen LogP contribution in [-0.2, 0) is 7.05 Å². The highest BCUT2D eigenvalue weighted by molar-refractivity contribution is 9.10. The van der Waals surface area contributed by atoms with E-state index in [9.17, 15) is 0 Å². The van der Waals surface area contributed by atoms with E-state index in [4.69, 9.17) is 0 Å². The van der Waals surface area contributed by atoms with Crippen molar-refractivity contribution in [3.05, 3.63) is 45.1 Å². The van der Waals surface area contributed by atoms with Gasteiger partial charge in [0.25, 0.3) is 0 Å². The molecule has 0 aliphatic carbocycles. The lowest BCUT2D eigenvalue weighted by Gasteiger charge is -2.20. The summed E-state index contributed by atoms with van der Waals surface area (Å²) in [6.45, 7) is 7.56. The van der Waals surface area contributed by atoms with E-state index in [2.05, 4.69) is 65.3 Å². The van der Waals surface area contributed by atoms with Gasteiger partial charge in [-0.15, -0.1) is 11.8 Å². The van der Waals surface area contributed by atoms with Crippen molar-refractivity contribution in [1.29, 1.82) is 0 Å². The van der Waals surface area contributed by atoms with E-state index in [1.807, 2.05) is 23.5 Å². The van der Waals surface area contributed by atoms with E-state index < -0.39 is 0 Å². The molecule has 5 heteroatoms. The third-order valence-corrected chi connectivity index (χ3v) is 5.86. The number of hydrogen-bond donors (Lipinski definition) is 1. The monoisotopic (exact) mass is 365 g/mol. The Labute approximate surface area is 138 Å². The molecule has 2 aromatic rings. The smallest absolute Gasteiger partial charge is 0.128 e. The molecule has 3 rings (SSSR count). The molecule has 0 saturated carbocycles. The largest absolute Gasteiger partial charge is 0.369 e. The minimum Gasteiger partial charge on any atom is -0.369 e. The molecule has 2 unspecified atom stereocenters. The number of nitrogens with zero attached hydrogens (tertiary/aromatic N) is 2. The Morgan fingerprint density at radius 2 is 2.14 bits per heavy atom. The van der Waals surface area contributed by atoms with E-state index in [1.165, 1.54) is 16.7 Å². The average Bonchev–Trinajstić information content (AvgIpc) is 2.57. The molecule has 1 aliphatic heterocycles. The molecule has 1 aromatic heterocycles. The van der Waals surface area contributed by atoms with E-state index in [0.717, 1.165) is 22.5 Å². The van der Waals surface area contributed by atoms with Crippen LogP contribution in [0.25, 0.3) is 0 Å². The van der Waals surface area contributed by atoms with Gasteiger partial charge in [-0.3, -0.25) is 4.68 Å². The predicted molar refractivity (Wildman–Crippen MR) is 94.2 cm³/mol. The maximum atomic E-state index is 4.61. The van der Waals surface area contributed by atoms with Gasteiger partial charge in [0.2, 0.25) is 0 Å². The van der Waals surface area contributed by atoms with Crippen molar-refractivity contribution in [2.24, 2.45) is 7.05 Å². The Morgan fingerprint density at radius 1 is 1.38 bits per heavy atom. The molecular formula is C16H20BrN3S.